The van der Waals surface area contributed by atoms with Crippen LogP contribution in [0, 0.1) is 0 Å². The summed E-state index contributed by atoms with van der Waals surface area (Å²) in [5.41, 5.74) is 1.02. The van der Waals surface area contributed by atoms with Gasteiger partial charge in [-0.15, -0.1) is 0 Å². The van der Waals surface area contributed by atoms with Crippen molar-refractivity contribution in [2.75, 3.05) is 0 Å². The van der Waals surface area contributed by atoms with Gasteiger partial charge in [0.2, 0.25) is 0 Å². The molecule has 1 N–H and O–H groups in total. The zero-order valence-electron chi connectivity index (χ0n) is 5.77. The maximum absolute atomic E-state index is 8.63. The summed E-state index contributed by atoms with van der Waals surface area (Å²) in [6.07, 6.45) is 0. The molecule has 4 heteroatoms. The molecule has 0 aliphatic carbocycles. The van der Waals surface area contributed by atoms with E-state index < -0.39 is 10.0 Å². The Bertz CT molecular complexity index is 235. The summed E-state index contributed by atoms with van der Waals surface area (Å²) in [6, 6.07) is 9.59. The van der Waals surface area contributed by atoms with Crippen molar-refractivity contribution < 1.29 is 8.74 Å². The first-order valence-corrected chi connectivity index (χ1v) is 5.10. The third kappa shape index (κ3) is 3.57. The standard InChI is InChI=1S/C7H8O2S2/c8-11(10)9-6-7-4-2-1-3-5-7/h1-5H,6H2,(H,8,10). The highest BCUT2D eigenvalue weighted by Gasteiger charge is 1.91. The molecule has 0 spiro atoms. The number of benzene rings is 1. The van der Waals surface area contributed by atoms with Crippen LogP contribution in [0.2, 0.25) is 0 Å². The maximum atomic E-state index is 8.63. The molecule has 0 aliphatic heterocycles. The van der Waals surface area contributed by atoms with Crippen LogP contribution in [0.4, 0.5) is 0 Å². The second kappa shape index (κ2) is 4.56. The molecule has 1 aromatic carbocycles. The first-order valence-electron chi connectivity index (χ1n) is 3.07. The fourth-order valence-electron chi connectivity index (χ4n) is 0.693. The first kappa shape index (κ1) is 8.80. The number of rotatable bonds is 3. The molecule has 0 amide bonds. The van der Waals surface area contributed by atoms with Gasteiger partial charge >= 0.3 is 0 Å². The van der Waals surface area contributed by atoms with E-state index in [0.29, 0.717) is 6.61 Å². The van der Waals surface area contributed by atoms with Crippen molar-refractivity contribution in [2.45, 2.75) is 6.61 Å². The Morgan fingerprint density at radius 2 is 2.00 bits per heavy atom. The average molecular weight is 188 g/mol. The van der Waals surface area contributed by atoms with Gasteiger partial charge in [-0.25, -0.2) is 0 Å². The van der Waals surface area contributed by atoms with Gasteiger partial charge in [0, 0.05) is 11.2 Å². The number of hydrogen-bond donors (Lipinski definition) is 1. The van der Waals surface area contributed by atoms with Crippen LogP contribution in [0.15, 0.2) is 30.3 Å². The zero-order valence-corrected chi connectivity index (χ0v) is 7.40. The molecule has 0 heterocycles. The summed E-state index contributed by atoms with van der Waals surface area (Å²) in [5.74, 6) is 0. The molecule has 1 unspecified atom stereocenters. The quantitative estimate of drug-likeness (QED) is 0.782. The van der Waals surface area contributed by atoms with Crippen molar-refractivity contribution in [1.29, 1.82) is 0 Å². The highest BCUT2D eigenvalue weighted by atomic mass is 32.8. The smallest absolute Gasteiger partial charge is 0.146 e. The second-order valence-corrected chi connectivity index (χ2v) is 3.49. The van der Waals surface area contributed by atoms with E-state index in [2.05, 4.69) is 11.2 Å². The van der Waals surface area contributed by atoms with Crippen molar-refractivity contribution in [3.8, 4) is 0 Å². The van der Waals surface area contributed by atoms with E-state index in [9.17, 15) is 0 Å². The molecule has 2 nitrogen and oxygen atoms in total. The first-order chi connectivity index (χ1) is 5.29. The van der Waals surface area contributed by atoms with Crippen LogP contribution < -0.4 is 0 Å². The lowest BCUT2D eigenvalue weighted by Gasteiger charge is -1.99. The molecule has 0 fully saturated rings. The minimum atomic E-state index is -1.33. The Labute approximate surface area is 72.8 Å². The average Bonchev–Trinajstić information content (AvgIpc) is 2.03. The normalized spacial score (nSPS) is 12.8. The molecule has 1 rings (SSSR count). The van der Waals surface area contributed by atoms with E-state index in [1.165, 1.54) is 0 Å². The van der Waals surface area contributed by atoms with E-state index in [-0.39, 0.29) is 0 Å². The monoisotopic (exact) mass is 188 g/mol. The van der Waals surface area contributed by atoms with Gasteiger partial charge < -0.3 is 4.55 Å². The van der Waals surface area contributed by atoms with Gasteiger partial charge in [-0.3, -0.25) is 4.18 Å². The highest BCUT2D eigenvalue weighted by Crippen LogP contribution is 2.00. The van der Waals surface area contributed by atoms with E-state index in [1.807, 2.05) is 30.3 Å². The van der Waals surface area contributed by atoms with Crippen LogP contribution in [-0.2, 0) is 32.0 Å². The molecule has 0 saturated heterocycles. The van der Waals surface area contributed by atoms with Gasteiger partial charge in [-0.05, 0) is 5.56 Å². The van der Waals surface area contributed by atoms with Crippen LogP contribution in [0.25, 0.3) is 0 Å². The zero-order chi connectivity index (χ0) is 8.10. The maximum Gasteiger partial charge on any atom is 0.146 e. The summed E-state index contributed by atoms with van der Waals surface area (Å²) >= 11 is 4.44. The number of hydrogen-bond acceptors (Lipinski definition) is 2. The van der Waals surface area contributed by atoms with Gasteiger partial charge in [0.15, 0.2) is 0 Å². The molecule has 11 heavy (non-hydrogen) atoms. The molecule has 0 radical (unpaired) electrons. The molecule has 0 aromatic heterocycles. The van der Waals surface area contributed by atoms with Crippen LogP contribution >= 0.6 is 0 Å². The summed E-state index contributed by atoms with van der Waals surface area (Å²) in [7, 11) is -1.33. The summed E-state index contributed by atoms with van der Waals surface area (Å²) in [4.78, 5) is 0. The minimum absolute atomic E-state index is 0.379. The van der Waals surface area contributed by atoms with Crippen molar-refractivity contribution in [2.24, 2.45) is 0 Å². The van der Waals surface area contributed by atoms with Gasteiger partial charge in [-0.1, -0.05) is 30.3 Å². The fraction of sp³-hybridized carbons (Fsp3) is 0.143. The third-order valence-electron chi connectivity index (χ3n) is 1.17. The van der Waals surface area contributed by atoms with Crippen LogP contribution in [0.1, 0.15) is 5.56 Å². The molecule has 0 bridgehead atoms. The second-order valence-electron chi connectivity index (χ2n) is 1.96. The predicted octanol–water partition coefficient (Wildman–Crippen LogP) is 1.67. The Morgan fingerprint density at radius 1 is 1.36 bits per heavy atom. The van der Waals surface area contributed by atoms with Crippen LogP contribution in [0.5, 0.6) is 0 Å². The van der Waals surface area contributed by atoms with Gasteiger partial charge in [-0.2, -0.15) is 0 Å². The largest absolute Gasteiger partial charge is 0.306 e. The minimum Gasteiger partial charge on any atom is -0.306 e. The van der Waals surface area contributed by atoms with Gasteiger partial charge in [0.25, 0.3) is 0 Å². The van der Waals surface area contributed by atoms with E-state index in [4.69, 9.17) is 8.74 Å². The highest BCUT2D eigenvalue weighted by molar-refractivity contribution is 8.23. The molecule has 0 saturated carbocycles. The Hall–Kier alpha value is -0.290. The topological polar surface area (TPSA) is 29.5 Å². The Balaban J connectivity index is 2.45. The Morgan fingerprint density at radius 3 is 2.55 bits per heavy atom. The molecule has 1 atom stereocenters. The van der Waals surface area contributed by atoms with Crippen LogP contribution in [-0.4, -0.2) is 4.55 Å². The molecule has 0 aliphatic rings. The van der Waals surface area contributed by atoms with E-state index in [0.717, 1.165) is 5.56 Å². The van der Waals surface area contributed by atoms with Crippen molar-refractivity contribution in [1.82, 2.24) is 0 Å². The SMILES string of the molecule is OS(=S)OCc1ccccc1. The molecule has 60 valence electrons. The Kier molecular flexibility index (Phi) is 3.65. The van der Waals surface area contributed by atoms with Crippen molar-refractivity contribution in [3.05, 3.63) is 35.9 Å². The lowest BCUT2D eigenvalue weighted by atomic mass is 10.2. The molecule has 1 aromatic rings. The van der Waals surface area contributed by atoms with Crippen molar-refractivity contribution in [3.63, 3.8) is 0 Å². The van der Waals surface area contributed by atoms with Crippen LogP contribution in [0.3, 0.4) is 0 Å². The lowest BCUT2D eigenvalue weighted by Crippen LogP contribution is -1.93. The third-order valence-corrected chi connectivity index (χ3v) is 1.78. The van der Waals surface area contributed by atoms with E-state index in [1.54, 1.807) is 0 Å². The van der Waals surface area contributed by atoms with Crippen molar-refractivity contribution >= 4 is 21.2 Å². The predicted molar refractivity (Wildman–Crippen MR) is 48.6 cm³/mol. The van der Waals surface area contributed by atoms with Gasteiger partial charge in [0.05, 0.1) is 6.61 Å². The summed E-state index contributed by atoms with van der Waals surface area (Å²) < 4.78 is 13.5. The van der Waals surface area contributed by atoms with Gasteiger partial charge in [0.1, 0.15) is 10.0 Å². The van der Waals surface area contributed by atoms with E-state index >= 15 is 0 Å². The fourth-order valence-corrected chi connectivity index (χ4v) is 1.07. The summed E-state index contributed by atoms with van der Waals surface area (Å²) in [5, 5.41) is 0. The lowest BCUT2D eigenvalue weighted by molar-refractivity contribution is 0.326. The molecular weight excluding hydrogens is 180 g/mol. The molecular formula is C7H8O2S2. The summed E-state index contributed by atoms with van der Waals surface area (Å²) in [6.45, 7) is 0.379.